The molecule has 1 aliphatic rings. The number of hydrogen-bond acceptors (Lipinski definition) is 4. The van der Waals surface area contributed by atoms with Crippen LogP contribution < -0.4 is 10.6 Å². The van der Waals surface area contributed by atoms with E-state index in [0.29, 0.717) is 6.42 Å². The van der Waals surface area contributed by atoms with E-state index in [4.69, 9.17) is 16.3 Å². The molecule has 3 rings (SSSR count). The molecule has 3 N–H and O–H groups in total. The van der Waals surface area contributed by atoms with Gasteiger partial charge in [0.05, 0.1) is 5.54 Å². The van der Waals surface area contributed by atoms with Gasteiger partial charge in [0.25, 0.3) is 0 Å². The highest BCUT2D eigenvalue weighted by molar-refractivity contribution is 5.87. The molecule has 7 nitrogen and oxygen atoms in total. The topological polar surface area (TPSA) is 105 Å². The SMILES string of the molecule is C#CC(C)(CC)NC(=O)C(CCC(=O)O)NC(=O)OCC1c2ccccc2-c2ccccc21. The van der Waals surface area contributed by atoms with Crippen molar-refractivity contribution in [2.24, 2.45) is 0 Å². The number of carbonyl (C=O) groups excluding carboxylic acids is 2. The lowest BCUT2D eigenvalue weighted by Gasteiger charge is -2.27. The quantitative estimate of drug-likeness (QED) is 0.508. The Balaban J connectivity index is 1.69. The molecule has 0 radical (unpaired) electrons. The predicted octanol–water partition coefficient (Wildman–Crippen LogP) is 3.68. The van der Waals surface area contributed by atoms with Gasteiger partial charge in [-0.25, -0.2) is 4.79 Å². The van der Waals surface area contributed by atoms with E-state index in [0.717, 1.165) is 22.3 Å². The standard InChI is InChI=1S/C26H28N2O5/c1-4-26(3,5-2)28-24(31)22(14-15-23(29)30)27-25(32)33-16-21-19-12-8-6-10-17(19)18-11-7-9-13-20(18)21/h1,6-13,21-22H,5,14-16H2,2-3H3,(H,27,32)(H,28,31)(H,29,30). The van der Waals surface area contributed by atoms with E-state index in [2.05, 4.69) is 16.6 Å². The first-order valence-electron chi connectivity index (χ1n) is 10.9. The molecular weight excluding hydrogens is 420 g/mol. The molecule has 2 amide bonds. The van der Waals surface area contributed by atoms with Gasteiger partial charge in [-0.2, -0.15) is 0 Å². The highest BCUT2D eigenvalue weighted by atomic mass is 16.5. The van der Waals surface area contributed by atoms with Crippen molar-refractivity contribution in [1.82, 2.24) is 10.6 Å². The smallest absolute Gasteiger partial charge is 0.407 e. The predicted molar refractivity (Wildman–Crippen MR) is 125 cm³/mol. The summed E-state index contributed by atoms with van der Waals surface area (Å²) in [6, 6.07) is 14.8. The first-order chi connectivity index (χ1) is 15.8. The molecule has 0 bridgehead atoms. The third-order valence-corrected chi connectivity index (χ3v) is 6.02. The summed E-state index contributed by atoms with van der Waals surface area (Å²) >= 11 is 0. The normalized spacial score (nSPS) is 14.7. The average molecular weight is 449 g/mol. The van der Waals surface area contributed by atoms with Crippen LogP contribution in [0.4, 0.5) is 4.79 Å². The van der Waals surface area contributed by atoms with Crippen LogP contribution in [0, 0.1) is 12.3 Å². The third kappa shape index (κ3) is 5.53. The lowest BCUT2D eigenvalue weighted by atomic mass is 9.98. The van der Waals surface area contributed by atoms with E-state index in [-0.39, 0.29) is 25.4 Å². The summed E-state index contributed by atoms with van der Waals surface area (Å²) in [7, 11) is 0. The van der Waals surface area contributed by atoms with Crippen molar-refractivity contribution in [3.63, 3.8) is 0 Å². The Bertz CT molecular complexity index is 1040. The van der Waals surface area contributed by atoms with E-state index in [9.17, 15) is 14.4 Å². The fourth-order valence-corrected chi connectivity index (χ4v) is 3.90. The largest absolute Gasteiger partial charge is 0.481 e. The number of rotatable bonds is 9. The number of hydrogen-bond donors (Lipinski definition) is 3. The molecule has 33 heavy (non-hydrogen) atoms. The van der Waals surface area contributed by atoms with Crippen LogP contribution in [-0.4, -0.2) is 41.3 Å². The Labute approximate surface area is 193 Å². The number of amides is 2. The molecule has 0 aromatic heterocycles. The van der Waals surface area contributed by atoms with Crippen LogP contribution in [0.5, 0.6) is 0 Å². The van der Waals surface area contributed by atoms with Crippen LogP contribution >= 0.6 is 0 Å². The summed E-state index contributed by atoms with van der Waals surface area (Å²) < 4.78 is 5.49. The zero-order chi connectivity index (χ0) is 24.0. The molecular formula is C26H28N2O5. The molecule has 2 aromatic rings. The number of nitrogens with one attached hydrogen (secondary N) is 2. The van der Waals surface area contributed by atoms with Crippen molar-refractivity contribution in [1.29, 1.82) is 0 Å². The van der Waals surface area contributed by atoms with Gasteiger partial charge in [0.1, 0.15) is 12.6 Å². The second-order valence-corrected chi connectivity index (χ2v) is 8.27. The van der Waals surface area contributed by atoms with E-state index in [1.54, 1.807) is 6.92 Å². The first kappa shape index (κ1) is 23.9. The van der Waals surface area contributed by atoms with Crippen molar-refractivity contribution in [2.45, 2.75) is 50.6 Å². The monoisotopic (exact) mass is 448 g/mol. The number of ether oxygens (including phenoxy) is 1. The van der Waals surface area contributed by atoms with E-state index < -0.39 is 29.6 Å². The maximum Gasteiger partial charge on any atom is 0.407 e. The van der Waals surface area contributed by atoms with Crippen molar-refractivity contribution in [3.8, 4) is 23.5 Å². The number of carbonyl (C=O) groups is 3. The molecule has 0 aliphatic heterocycles. The number of alkyl carbamates (subject to hydrolysis) is 1. The number of fused-ring (bicyclic) bond motifs is 3. The summed E-state index contributed by atoms with van der Waals surface area (Å²) in [4.78, 5) is 36.4. The summed E-state index contributed by atoms with van der Waals surface area (Å²) in [5.41, 5.74) is 3.45. The van der Waals surface area contributed by atoms with Gasteiger partial charge in [-0.15, -0.1) is 6.42 Å². The molecule has 2 atom stereocenters. The molecule has 0 fully saturated rings. The van der Waals surface area contributed by atoms with Crippen LogP contribution in [0.3, 0.4) is 0 Å². The molecule has 0 saturated heterocycles. The fraction of sp³-hybridized carbons (Fsp3) is 0.346. The number of aliphatic carboxylic acids is 1. The van der Waals surface area contributed by atoms with Gasteiger partial charge in [0.2, 0.25) is 5.91 Å². The Kier molecular flexibility index (Phi) is 7.39. The summed E-state index contributed by atoms with van der Waals surface area (Å²) in [5, 5.41) is 14.2. The number of carboxylic acids is 1. The van der Waals surface area contributed by atoms with Crippen LogP contribution in [0.2, 0.25) is 0 Å². The van der Waals surface area contributed by atoms with Gasteiger partial charge in [-0.3, -0.25) is 9.59 Å². The average Bonchev–Trinajstić information content (AvgIpc) is 3.13. The van der Waals surface area contributed by atoms with Gasteiger partial charge < -0.3 is 20.5 Å². The minimum Gasteiger partial charge on any atom is -0.481 e. The zero-order valence-corrected chi connectivity index (χ0v) is 18.8. The first-order valence-corrected chi connectivity index (χ1v) is 10.9. The highest BCUT2D eigenvalue weighted by Gasteiger charge is 2.31. The Morgan fingerprint density at radius 2 is 1.70 bits per heavy atom. The van der Waals surface area contributed by atoms with Gasteiger partial charge in [0, 0.05) is 12.3 Å². The maximum atomic E-state index is 12.7. The summed E-state index contributed by atoms with van der Waals surface area (Å²) in [6.07, 6.45) is 4.82. The molecule has 0 spiro atoms. The summed E-state index contributed by atoms with van der Waals surface area (Å²) in [5.74, 6) is 0.774. The lowest BCUT2D eigenvalue weighted by molar-refractivity contribution is -0.137. The minimum absolute atomic E-state index is 0.0875. The molecule has 172 valence electrons. The van der Waals surface area contributed by atoms with Gasteiger partial charge in [0.15, 0.2) is 0 Å². The van der Waals surface area contributed by atoms with E-state index in [1.165, 1.54) is 0 Å². The second kappa shape index (κ2) is 10.2. The molecule has 2 aromatic carbocycles. The Hall–Kier alpha value is -3.79. The summed E-state index contributed by atoms with van der Waals surface area (Å²) in [6.45, 7) is 3.60. The van der Waals surface area contributed by atoms with Crippen LogP contribution in [0.25, 0.3) is 11.1 Å². The van der Waals surface area contributed by atoms with Gasteiger partial charge in [-0.1, -0.05) is 61.4 Å². The highest BCUT2D eigenvalue weighted by Crippen LogP contribution is 2.44. The lowest BCUT2D eigenvalue weighted by Crippen LogP contribution is -2.54. The van der Waals surface area contributed by atoms with Crippen molar-refractivity contribution in [2.75, 3.05) is 6.61 Å². The van der Waals surface area contributed by atoms with E-state index in [1.807, 2.05) is 55.5 Å². The number of benzene rings is 2. The van der Waals surface area contributed by atoms with Crippen LogP contribution in [-0.2, 0) is 14.3 Å². The van der Waals surface area contributed by atoms with E-state index >= 15 is 0 Å². The number of carboxylic acid groups (broad SMARTS) is 1. The molecule has 2 unspecified atom stereocenters. The van der Waals surface area contributed by atoms with Crippen molar-refractivity contribution in [3.05, 3.63) is 59.7 Å². The van der Waals surface area contributed by atoms with Crippen LogP contribution in [0.15, 0.2) is 48.5 Å². The number of terminal acetylenes is 1. The second-order valence-electron chi connectivity index (χ2n) is 8.27. The fourth-order valence-electron chi connectivity index (χ4n) is 3.90. The molecule has 7 heteroatoms. The Morgan fingerprint density at radius 3 is 2.21 bits per heavy atom. The van der Waals surface area contributed by atoms with Gasteiger partial charge in [-0.05, 0) is 42.0 Å². The molecule has 0 saturated carbocycles. The maximum absolute atomic E-state index is 12.7. The zero-order valence-electron chi connectivity index (χ0n) is 18.8. The van der Waals surface area contributed by atoms with Gasteiger partial charge >= 0.3 is 12.1 Å². The molecule has 0 heterocycles. The van der Waals surface area contributed by atoms with Crippen molar-refractivity contribution >= 4 is 18.0 Å². The minimum atomic E-state index is -1.09. The Morgan fingerprint density at radius 1 is 1.12 bits per heavy atom. The van der Waals surface area contributed by atoms with Crippen molar-refractivity contribution < 1.29 is 24.2 Å². The third-order valence-electron chi connectivity index (χ3n) is 6.02. The van der Waals surface area contributed by atoms with Crippen LogP contribution in [0.1, 0.15) is 50.2 Å². The molecule has 1 aliphatic carbocycles.